The second-order valence-corrected chi connectivity index (χ2v) is 4.80. The molecule has 1 N–H and O–H groups in total. The Labute approximate surface area is 114 Å². The maximum absolute atomic E-state index is 12.9. The van der Waals surface area contributed by atoms with Crippen LogP contribution in [0.1, 0.15) is 37.9 Å². The number of hydrogen-bond donors (Lipinski definition) is 1. The molecule has 18 heavy (non-hydrogen) atoms. The Morgan fingerprint density at radius 3 is 2.89 bits per heavy atom. The third-order valence-electron chi connectivity index (χ3n) is 2.41. The fraction of sp³-hybridized carbons (Fsp3) is 0.462. The van der Waals surface area contributed by atoms with Gasteiger partial charge in [0.1, 0.15) is 5.82 Å². The van der Waals surface area contributed by atoms with Gasteiger partial charge in [0.2, 0.25) is 0 Å². The van der Waals surface area contributed by atoms with Crippen LogP contribution in [0.4, 0.5) is 4.39 Å². The molecule has 0 spiro atoms. The monoisotopic (exact) mass is 318 g/mol. The summed E-state index contributed by atoms with van der Waals surface area (Å²) in [4.78, 5) is 11.3. The van der Waals surface area contributed by atoms with Crippen molar-refractivity contribution in [2.75, 3.05) is 6.61 Å². The highest BCUT2D eigenvalue weighted by Crippen LogP contribution is 2.27. The Morgan fingerprint density at radius 1 is 1.56 bits per heavy atom. The van der Waals surface area contributed by atoms with Crippen molar-refractivity contribution >= 4 is 21.9 Å². The van der Waals surface area contributed by atoms with E-state index in [0.29, 0.717) is 16.6 Å². The highest BCUT2D eigenvalue weighted by atomic mass is 79.9. The predicted octanol–water partition coefficient (Wildman–Crippen LogP) is 3.36. The van der Waals surface area contributed by atoms with Crippen LogP contribution in [0.15, 0.2) is 22.7 Å². The molecule has 0 radical (unpaired) electrons. The van der Waals surface area contributed by atoms with Gasteiger partial charge in [0.25, 0.3) is 0 Å². The van der Waals surface area contributed by atoms with Gasteiger partial charge in [-0.05, 0) is 30.5 Å². The molecule has 1 aromatic rings. The van der Waals surface area contributed by atoms with Crippen molar-refractivity contribution in [2.45, 2.75) is 32.3 Å². The number of aliphatic hydroxyl groups excluding tert-OH is 1. The van der Waals surface area contributed by atoms with Crippen LogP contribution in [0.2, 0.25) is 0 Å². The molecule has 0 heterocycles. The number of carbonyl (C=O) groups excluding carboxylic acids is 1. The molecule has 0 bridgehead atoms. The molecule has 1 aromatic carbocycles. The molecule has 1 unspecified atom stereocenters. The Kier molecular flexibility index (Phi) is 6.29. The highest BCUT2D eigenvalue weighted by molar-refractivity contribution is 9.10. The molecule has 3 nitrogen and oxygen atoms in total. The first-order chi connectivity index (χ1) is 8.54. The smallest absolute Gasteiger partial charge is 0.305 e. The van der Waals surface area contributed by atoms with Gasteiger partial charge in [0.05, 0.1) is 12.7 Å². The molecule has 0 aliphatic rings. The number of esters is 1. The molecular formula is C13H16BrFO3. The van der Waals surface area contributed by atoms with E-state index in [-0.39, 0.29) is 24.6 Å². The molecule has 0 aromatic heterocycles. The maximum atomic E-state index is 12.9. The van der Waals surface area contributed by atoms with Gasteiger partial charge in [0.15, 0.2) is 0 Å². The summed E-state index contributed by atoms with van der Waals surface area (Å²) in [6.07, 6.45) is 0.365. The third-order valence-corrected chi connectivity index (χ3v) is 3.10. The third kappa shape index (κ3) is 4.74. The molecule has 5 heteroatoms. The Morgan fingerprint density at radius 2 is 2.28 bits per heavy atom. The molecule has 0 aliphatic carbocycles. The number of aliphatic hydroxyl groups is 1. The average molecular weight is 319 g/mol. The first-order valence-electron chi connectivity index (χ1n) is 5.83. The van der Waals surface area contributed by atoms with Gasteiger partial charge in [0, 0.05) is 10.9 Å². The van der Waals surface area contributed by atoms with E-state index in [2.05, 4.69) is 15.9 Å². The van der Waals surface area contributed by atoms with E-state index in [9.17, 15) is 14.3 Å². The fourth-order valence-electron chi connectivity index (χ4n) is 1.47. The van der Waals surface area contributed by atoms with E-state index in [0.717, 1.165) is 6.42 Å². The number of hydrogen-bond acceptors (Lipinski definition) is 3. The van der Waals surface area contributed by atoms with Gasteiger partial charge < -0.3 is 9.84 Å². The Hall–Kier alpha value is -0.940. The molecule has 0 saturated heterocycles. The van der Waals surface area contributed by atoms with Crippen molar-refractivity contribution in [3.63, 3.8) is 0 Å². The largest absolute Gasteiger partial charge is 0.466 e. The first kappa shape index (κ1) is 15.1. The second kappa shape index (κ2) is 7.48. The van der Waals surface area contributed by atoms with Gasteiger partial charge in [-0.15, -0.1) is 0 Å². The summed E-state index contributed by atoms with van der Waals surface area (Å²) in [5, 5.41) is 9.91. The minimum Gasteiger partial charge on any atom is -0.466 e. The van der Waals surface area contributed by atoms with Gasteiger partial charge in [-0.25, -0.2) is 4.39 Å². The number of rotatable bonds is 6. The van der Waals surface area contributed by atoms with Crippen LogP contribution in [-0.2, 0) is 9.53 Å². The van der Waals surface area contributed by atoms with Crippen molar-refractivity contribution in [3.05, 3.63) is 34.1 Å². The lowest BCUT2D eigenvalue weighted by molar-refractivity contribution is -0.144. The van der Waals surface area contributed by atoms with E-state index in [1.807, 2.05) is 6.92 Å². The standard InChI is InChI=1S/C13H16BrFO3/c1-2-7-18-13(17)6-5-12(16)10-4-3-9(15)8-11(10)14/h3-4,8,12,16H,2,5-7H2,1H3. The zero-order valence-corrected chi connectivity index (χ0v) is 11.7. The van der Waals surface area contributed by atoms with Crippen LogP contribution in [0.5, 0.6) is 0 Å². The van der Waals surface area contributed by atoms with Gasteiger partial charge in [-0.3, -0.25) is 4.79 Å². The van der Waals surface area contributed by atoms with Gasteiger partial charge in [-0.1, -0.05) is 28.9 Å². The average Bonchev–Trinajstić information content (AvgIpc) is 2.33. The van der Waals surface area contributed by atoms with E-state index in [1.54, 1.807) is 0 Å². The number of benzene rings is 1. The van der Waals surface area contributed by atoms with E-state index < -0.39 is 6.10 Å². The molecule has 1 rings (SSSR count). The van der Waals surface area contributed by atoms with Crippen LogP contribution in [0.3, 0.4) is 0 Å². The maximum Gasteiger partial charge on any atom is 0.305 e. The topological polar surface area (TPSA) is 46.5 Å². The minimum absolute atomic E-state index is 0.144. The number of carbonyl (C=O) groups is 1. The lowest BCUT2D eigenvalue weighted by Gasteiger charge is -2.12. The fourth-order valence-corrected chi connectivity index (χ4v) is 2.08. The van der Waals surface area contributed by atoms with Crippen molar-refractivity contribution in [3.8, 4) is 0 Å². The molecule has 0 aliphatic heterocycles. The van der Waals surface area contributed by atoms with Gasteiger partial charge >= 0.3 is 5.97 Å². The summed E-state index contributed by atoms with van der Waals surface area (Å²) in [7, 11) is 0. The summed E-state index contributed by atoms with van der Waals surface area (Å²) in [5.41, 5.74) is 0.569. The van der Waals surface area contributed by atoms with Gasteiger partial charge in [-0.2, -0.15) is 0 Å². The van der Waals surface area contributed by atoms with Crippen LogP contribution < -0.4 is 0 Å². The molecule has 0 amide bonds. The molecule has 0 saturated carbocycles. The van der Waals surface area contributed by atoms with Crippen LogP contribution in [0, 0.1) is 5.82 Å². The van der Waals surface area contributed by atoms with Crippen LogP contribution >= 0.6 is 15.9 Å². The molecule has 0 fully saturated rings. The zero-order chi connectivity index (χ0) is 13.5. The van der Waals surface area contributed by atoms with E-state index >= 15 is 0 Å². The van der Waals surface area contributed by atoms with Crippen LogP contribution in [0.25, 0.3) is 0 Å². The van der Waals surface area contributed by atoms with Crippen molar-refractivity contribution in [2.24, 2.45) is 0 Å². The number of halogens is 2. The quantitative estimate of drug-likeness (QED) is 0.818. The van der Waals surface area contributed by atoms with Crippen molar-refractivity contribution < 1.29 is 19.0 Å². The van der Waals surface area contributed by atoms with Crippen LogP contribution in [-0.4, -0.2) is 17.7 Å². The minimum atomic E-state index is -0.811. The second-order valence-electron chi connectivity index (χ2n) is 3.94. The summed E-state index contributed by atoms with van der Waals surface area (Å²) in [5.74, 6) is -0.700. The predicted molar refractivity (Wildman–Crippen MR) is 69.5 cm³/mol. The first-order valence-corrected chi connectivity index (χ1v) is 6.62. The Balaban J connectivity index is 2.50. The summed E-state index contributed by atoms with van der Waals surface area (Å²) >= 11 is 3.18. The molecule has 1 atom stereocenters. The Bertz CT molecular complexity index is 409. The lowest BCUT2D eigenvalue weighted by Crippen LogP contribution is -2.08. The lowest BCUT2D eigenvalue weighted by atomic mass is 10.1. The highest BCUT2D eigenvalue weighted by Gasteiger charge is 2.14. The normalized spacial score (nSPS) is 12.2. The summed E-state index contributed by atoms with van der Waals surface area (Å²) in [6.45, 7) is 2.31. The SMILES string of the molecule is CCCOC(=O)CCC(O)c1ccc(F)cc1Br. The summed E-state index contributed by atoms with van der Waals surface area (Å²) < 4.78 is 18.3. The van der Waals surface area contributed by atoms with Crippen molar-refractivity contribution in [1.29, 1.82) is 0 Å². The van der Waals surface area contributed by atoms with Crippen molar-refractivity contribution in [1.82, 2.24) is 0 Å². The van der Waals surface area contributed by atoms with E-state index in [4.69, 9.17) is 4.74 Å². The zero-order valence-electron chi connectivity index (χ0n) is 10.2. The van der Waals surface area contributed by atoms with E-state index in [1.165, 1.54) is 18.2 Å². The molecular weight excluding hydrogens is 303 g/mol. The summed E-state index contributed by atoms with van der Waals surface area (Å²) in [6, 6.07) is 4.06. The number of ether oxygens (including phenoxy) is 1. The molecule has 100 valence electrons.